The van der Waals surface area contributed by atoms with Crippen molar-refractivity contribution in [2.75, 3.05) is 0 Å². The van der Waals surface area contributed by atoms with Gasteiger partial charge in [0.1, 0.15) is 0 Å². The first-order valence-corrected chi connectivity index (χ1v) is 7.12. The van der Waals surface area contributed by atoms with Crippen molar-refractivity contribution in [1.29, 1.82) is 0 Å². The van der Waals surface area contributed by atoms with Crippen molar-refractivity contribution >= 4 is 28.2 Å². The lowest BCUT2D eigenvalue weighted by molar-refractivity contribution is 0.0691. The summed E-state index contributed by atoms with van der Waals surface area (Å²) in [5.41, 5.74) is 3.83. The fourth-order valence-corrected chi connectivity index (χ4v) is 3.00. The van der Waals surface area contributed by atoms with E-state index in [9.17, 15) is 9.90 Å². The Morgan fingerprint density at radius 1 is 1.40 bits per heavy atom. The molecule has 0 unspecified atom stereocenters. The smallest absolute Gasteiger partial charge is 0.357 e. The molecule has 2 heterocycles. The van der Waals surface area contributed by atoms with Crippen molar-refractivity contribution in [2.45, 2.75) is 19.9 Å². The number of carbonyl (C=O) groups is 1. The highest BCUT2D eigenvalue weighted by molar-refractivity contribution is 7.09. The molecule has 2 aromatic heterocycles. The first-order valence-electron chi connectivity index (χ1n) is 6.24. The molecular formula is C14H13N3O2S. The van der Waals surface area contributed by atoms with E-state index in [0.717, 1.165) is 17.6 Å². The zero-order chi connectivity index (χ0) is 14.1. The van der Waals surface area contributed by atoms with Crippen molar-refractivity contribution in [3.8, 4) is 0 Å². The lowest BCUT2D eigenvalue weighted by atomic mass is 10.2. The van der Waals surface area contributed by atoms with Gasteiger partial charge in [0.05, 0.1) is 16.7 Å². The summed E-state index contributed by atoms with van der Waals surface area (Å²) in [6.45, 7) is 2.63. The Morgan fingerprint density at radius 3 is 2.90 bits per heavy atom. The number of fused-ring (bicyclic) bond motifs is 1. The molecule has 0 saturated heterocycles. The predicted octanol–water partition coefficient (Wildman–Crippen LogP) is 2.74. The molecule has 0 bridgehead atoms. The average molecular weight is 287 g/mol. The summed E-state index contributed by atoms with van der Waals surface area (Å²) in [5.74, 6) is -0.992. The number of carboxylic acids is 1. The quantitative estimate of drug-likeness (QED) is 0.801. The van der Waals surface area contributed by atoms with Crippen molar-refractivity contribution in [3.05, 3.63) is 46.0 Å². The zero-order valence-electron chi connectivity index (χ0n) is 10.9. The molecule has 0 radical (unpaired) electrons. The largest absolute Gasteiger partial charge is 0.476 e. The summed E-state index contributed by atoms with van der Waals surface area (Å²) in [6.07, 6.45) is 0.807. The van der Waals surface area contributed by atoms with Crippen LogP contribution in [0.5, 0.6) is 0 Å². The van der Waals surface area contributed by atoms with Crippen LogP contribution in [0.1, 0.15) is 21.1 Å². The highest BCUT2D eigenvalue weighted by atomic mass is 32.1. The minimum atomic E-state index is -0.992. The van der Waals surface area contributed by atoms with Gasteiger partial charge in [-0.2, -0.15) is 5.10 Å². The molecule has 6 heteroatoms. The van der Waals surface area contributed by atoms with Crippen LogP contribution in [0, 0.1) is 6.92 Å². The van der Waals surface area contributed by atoms with E-state index in [1.54, 1.807) is 22.1 Å². The van der Waals surface area contributed by atoms with Crippen molar-refractivity contribution in [3.63, 3.8) is 0 Å². The van der Waals surface area contributed by atoms with Gasteiger partial charge in [0.2, 0.25) is 0 Å². The van der Waals surface area contributed by atoms with E-state index in [4.69, 9.17) is 0 Å². The number of benzene rings is 1. The summed E-state index contributed by atoms with van der Waals surface area (Å²) < 4.78 is 1.76. The highest BCUT2D eigenvalue weighted by Gasteiger charge is 2.15. The van der Waals surface area contributed by atoms with Gasteiger partial charge in [0.25, 0.3) is 0 Å². The normalized spacial score (nSPS) is 11.1. The van der Waals surface area contributed by atoms with Crippen LogP contribution >= 0.6 is 11.3 Å². The fraction of sp³-hybridized carbons (Fsp3) is 0.214. The molecule has 1 N–H and O–H groups in total. The van der Waals surface area contributed by atoms with E-state index in [-0.39, 0.29) is 5.69 Å². The van der Waals surface area contributed by atoms with E-state index in [2.05, 4.69) is 10.1 Å². The van der Waals surface area contributed by atoms with E-state index in [1.165, 1.54) is 4.88 Å². The number of aryl methyl sites for hydroxylation is 3. The van der Waals surface area contributed by atoms with Crippen LogP contribution in [-0.2, 0) is 13.0 Å². The molecule has 0 aliphatic carbocycles. The van der Waals surface area contributed by atoms with Gasteiger partial charge in [-0.15, -0.1) is 11.3 Å². The van der Waals surface area contributed by atoms with Crippen molar-refractivity contribution in [2.24, 2.45) is 0 Å². The summed E-state index contributed by atoms with van der Waals surface area (Å²) in [5, 5.41) is 14.1. The molecule has 0 fully saturated rings. The number of thiazole rings is 1. The van der Waals surface area contributed by atoms with Crippen LogP contribution in [0.2, 0.25) is 0 Å². The summed E-state index contributed by atoms with van der Waals surface area (Å²) >= 11 is 1.62. The Bertz CT molecular complexity index is 776. The summed E-state index contributed by atoms with van der Waals surface area (Å²) in [7, 11) is 0. The minimum absolute atomic E-state index is 0.113. The first-order chi connectivity index (χ1) is 9.66. The Balaban J connectivity index is 1.95. The predicted molar refractivity (Wildman–Crippen MR) is 77.2 cm³/mol. The first kappa shape index (κ1) is 12.8. The Hall–Kier alpha value is -2.21. The summed E-state index contributed by atoms with van der Waals surface area (Å²) in [4.78, 5) is 16.7. The van der Waals surface area contributed by atoms with E-state index in [1.807, 2.05) is 30.6 Å². The van der Waals surface area contributed by atoms with Gasteiger partial charge in [0, 0.05) is 23.2 Å². The third-order valence-corrected chi connectivity index (χ3v) is 4.25. The van der Waals surface area contributed by atoms with Gasteiger partial charge >= 0.3 is 5.97 Å². The maximum Gasteiger partial charge on any atom is 0.357 e. The van der Waals surface area contributed by atoms with Crippen LogP contribution in [0.3, 0.4) is 0 Å². The summed E-state index contributed by atoms with van der Waals surface area (Å²) in [6, 6.07) is 7.41. The lowest BCUT2D eigenvalue weighted by Crippen LogP contribution is -2.05. The topological polar surface area (TPSA) is 68.0 Å². The van der Waals surface area contributed by atoms with E-state index in [0.29, 0.717) is 11.9 Å². The number of rotatable bonds is 4. The molecule has 0 aliphatic heterocycles. The van der Waals surface area contributed by atoms with Gasteiger partial charge in [0.15, 0.2) is 5.69 Å². The van der Waals surface area contributed by atoms with Crippen LogP contribution < -0.4 is 0 Å². The fourth-order valence-electron chi connectivity index (χ4n) is 2.23. The van der Waals surface area contributed by atoms with Gasteiger partial charge in [-0.3, -0.25) is 4.68 Å². The molecule has 0 atom stereocenters. The third kappa shape index (κ3) is 2.18. The minimum Gasteiger partial charge on any atom is -0.476 e. The molecule has 0 amide bonds. The number of carboxylic acid groups (broad SMARTS) is 1. The second kappa shape index (κ2) is 5.05. The lowest BCUT2D eigenvalue weighted by Gasteiger charge is -2.02. The van der Waals surface area contributed by atoms with E-state index >= 15 is 0 Å². The van der Waals surface area contributed by atoms with Gasteiger partial charge in [-0.25, -0.2) is 9.78 Å². The SMILES string of the molecule is Cc1ncsc1CCn1nc(C(=O)O)c2ccccc21. The van der Waals surface area contributed by atoms with Crippen molar-refractivity contribution < 1.29 is 9.90 Å². The van der Waals surface area contributed by atoms with Crippen LogP contribution in [0.15, 0.2) is 29.8 Å². The molecule has 5 nitrogen and oxygen atoms in total. The monoisotopic (exact) mass is 287 g/mol. The Morgan fingerprint density at radius 2 is 2.20 bits per heavy atom. The van der Waals surface area contributed by atoms with Crippen molar-refractivity contribution in [1.82, 2.24) is 14.8 Å². The highest BCUT2D eigenvalue weighted by Crippen LogP contribution is 2.20. The molecule has 0 spiro atoms. The van der Waals surface area contributed by atoms with E-state index < -0.39 is 5.97 Å². The van der Waals surface area contributed by atoms with Gasteiger partial charge in [-0.05, 0) is 13.0 Å². The average Bonchev–Trinajstić information content (AvgIpc) is 3.00. The van der Waals surface area contributed by atoms with Crippen LogP contribution in [-0.4, -0.2) is 25.8 Å². The molecule has 102 valence electrons. The maximum atomic E-state index is 11.2. The Kier molecular flexibility index (Phi) is 3.23. The molecule has 0 saturated carbocycles. The van der Waals surface area contributed by atoms with Crippen LogP contribution in [0.25, 0.3) is 10.9 Å². The number of para-hydroxylation sites is 1. The molecule has 3 aromatic rings. The number of aromatic carboxylic acids is 1. The molecule has 20 heavy (non-hydrogen) atoms. The molecule has 3 rings (SSSR count). The standard InChI is InChI=1S/C14H13N3O2S/c1-9-12(20-8-15-9)6-7-17-11-5-3-2-4-10(11)13(16-17)14(18)19/h2-5,8H,6-7H2,1H3,(H,18,19). The molecule has 1 aromatic carbocycles. The number of hydrogen-bond acceptors (Lipinski definition) is 4. The van der Waals surface area contributed by atoms with Gasteiger partial charge in [-0.1, -0.05) is 18.2 Å². The second-order valence-electron chi connectivity index (χ2n) is 4.50. The molecular weight excluding hydrogens is 274 g/mol. The number of nitrogens with zero attached hydrogens (tertiary/aromatic N) is 3. The number of aromatic nitrogens is 3. The third-order valence-electron chi connectivity index (χ3n) is 3.26. The zero-order valence-corrected chi connectivity index (χ0v) is 11.7. The van der Waals surface area contributed by atoms with Crippen LogP contribution in [0.4, 0.5) is 0 Å². The van der Waals surface area contributed by atoms with Gasteiger partial charge < -0.3 is 5.11 Å². The molecule has 0 aliphatic rings. The number of hydrogen-bond donors (Lipinski definition) is 1. The Labute approximate surface area is 119 Å². The second-order valence-corrected chi connectivity index (χ2v) is 5.44. The maximum absolute atomic E-state index is 11.2.